The molecule has 0 atom stereocenters. The molecule has 18 heavy (non-hydrogen) atoms. The first-order chi connectivity index (χ1) is 8.45. The van der Waals surface area contributed by atoms with Crippen LogP contribution in [0.5, 0.6) is 0 Å². The number of hydrogen-bond acceptors (Lipinski definition) is 3. The van der Waals surface area contributed by atoms with Gasteiger partial charge in [-0.25, -0.2) is 4.68 Å². The van der Waals surface area contributed by atoms with Gasteiger partial charge in [0, 0.05) is 10.7 Å². The summed E-state index contributed by atoms with van der Waals surface area (Å²) in [5.41, 5.74) is 1.85. The van der Waals surface area contributed by atoms with Crippen LogP contribution in [0.2, 0.25) is 5.02 Å². The Morgan fingerprint density at radius 3 is 2.72 bits per heavy atom. The van der Waals surface area contributed by atoms with Crippen LogP contribution in [0.1, 0.15) is 26.5 Å². The maximum atomic E-state index is 5.92. The highest BCUT2D eigenvalue weighted by Gasteiger charge is 2.14. The van der Waals surface area contributed by atoms with Crippen molar-refractivity contribution in [3.8, 4) is 0 Å². The van der Waals surface area contributed by atoms with Crippen LogP contribution in [-0.2, 0) is 12.1 Å². The van der Waals surface area contributed by atoms with E-state index >= 15 is 0 Å². The second-order valence-electron chi connectivity index (χ2n) is 5.19. The standard InChI is InChI=1S/C13H17ClN4/c1-13(2,3)18-9-12(16-17-18)8-15-11-6-4-5-10(14)7-11/h4-7,9,15H,8H2,1-3H3. The van der Waals surface area contributed by atoms with Gasteiger partial charge in [0.25, 0.3) is 0 Å². The summed E-state index contributed by atoms with van der Waals surface area (Å²) < 4.78 is 1.86. The molecule has 1 aromatic heterocycles. The number of anilines is 1. The summed E-state index contributed by atoms with van der Waals surface area (Å²) in [6.07, 6.45) is 1.96. The fraction of sp³-hybridized carbons (Fsp3) is 0.385. The Hall–Kier alpha value is -1.55. The van der Waals surface area contributed by atoms with E-state index in [4.69, 9.17) is 11.6 Å². The maximum absolute atomic E-state index is 5.92. The van der Waals surface area contributed by atoms with E-state index in [1.165, 1.54) is 0 Å². The molecule has 0 saturated carbocycles. The molecule has 1 heterocycles. The van der Waals surface area contributed by atoms with Crippen molar-refractivity contribution in [3.05, 3.63) is 41.2 Å². The molecule has 96 valence electrons. The lowest BCUT2D eigenvalue weighted by Crippen LogP contribution is -2.22. The third kappa shape index (κ3) is 3.23. The van der Waals surface area contributed by atoms with Crippen molar-refractivity contribution in [1.82, 2.24) is 15.0 Å². The molecular weight excluding hydrogens is 248 g/mol. The molecule has 2 aromatic rings. The van der Waals surface area contributed by atoms with E-state index in [0.29, 0.717) is 6.54 Å². The molecule has 0 unspecified atom stereocenters. The van der Waals surface area contributed by atoms with Crippen molar-refractivity contribution < 1.29 is 0 Å². The van der Waals surface area contributed by atoms with E-state index in [0.717, 1.165) is 16.4 Å². The molecule has 1 N–H and O–H groups in total. The van der Waals surface area contributed by atoms with E-state index in [9.17, 15) is 0 Å². The third-order valence-electron chi connectivity index (χ3n) is 2.53. The zero-order valence-electron chi connectivity index (χ0n) is 10.8. The van der Waals surface area contributed by atoms with Gasteiger partial charge in [0.1, 0.15) is 5.69 Å². The highest BCUT2D eigenvalue weighted by Crippen LogP contribution is 2.16. The number of halogens is 1. The molecule has 2 rings (SSSR count). The van der Waals surface area contributed by atoms with Crippen LogP contribution < -0.4 is 5.32 Å². The van der Waals surface area contributed by atoms with Gasteiger partial charge in [-0.15, -0.1) is 5.10 Å². The van der Waals surface area contributed by atoms with E-state index in [-0.39, 0.29) is 5.54 Å². The minimum Gasteiger partial charge on any atom is -0.379 e. The van der Waals surface area contributed by atoms with Crippen molar-refractivity contribution in [2.75, 3.05) is 5.32 Å². The third-order valence-corrected chi connectivity index (χ3v) is 2.76. The average Bonchev–Trinajstić information content (AvgIpc) is 2.74. The average molecular weight is 265 g/mol. The molecule has 0 aliphatic heterocycles. The lowest BCUT2D eigenvalue weighted by atomic mass is 10.1. The Balaban J connectivity index is 2.01. The Morgan fingerprint density at radius 1 is 1.33 bits per heavy atom. The summed E-state index contributed by atoms with van der Waals surface area (Å²) >= 11 is 5.92. The van der Waals surface area contributed by atoms with Crippen molar-refractivity contribution in [2.24, 2.45) is 0 Å². The molecule has 4 nitrogen and oxygen atoms in total. The largest absolute Gasteiger partial charge is 0.379 e. The molecule has 0 bridgehead atoms. The molecule has 0 radical (unpaired) electrons. The van der Waals surface area contributed by atoms with Gasteiger partial charge >= 0.3 is 0 Å². The Bertz CT molecular complexity index is 528. The lowest BCUT2D eigenvalue weighted by molar-refractivity contribution is 0.347. The van der Waals surface area contributed by atoms with Crippen LogP contribution in [-0.4, -0.2) is 15.0 Å². The Kier molecular flexibility index (Phi) is 3.57. The lowest BCUT2D eigenvalue weighted by Gasteiger charge is -2.17. The Morgan fingerprint density at radius 2 is 2.11 bits per heavy atom. The van der Waals surface area contributed by atoms with Gasteiger partial charge in [-0.05, 0) is 39.0 Å². The van der Waals surface area contributed by atoms with Crippen LogP contribution in [0.4, 0.5) is 5.69 Å². The highest BCUT2D eigenvalue weighted by atomic mass is 35.5. The first-order valence-corrected chi connectivity index (χ1v) is 6.24. The van der Waals surface area contributed by atoms with E-state index in [1.807, 2.05) is 35.1 Å². The number of rotatable bonds is 3. The molecule has 1 aromatic carbocycles. The van der Waals surface area contributed by atoms with Gasteiger partial charge in [-0.2, -0.15) is 0 Å². The van der Waals surface area contributed by atoms with E-state index < -0.39 is 0 Å². The normalized spacial score (nSPS) is 11.6. The molecular formula is C13H17ClN4. The summed E-state index contributed by atoms with van der Waals surface area (Å²) in [6.45, 7) is 6.91. The predicted molar refractivity (Wildman–Crippen MR) is 73.8 cm³/mol. The number of benzene rings is 1. The van der Waals surface area contributed by atoms with Crippen molar-refractivity contribution in [2.45, 2.75) is 32.9 Å². The summed E-state index contributed by atoms with van der Waals surface area (Å²) in [6, 6.07) is 7.62. The van der Waals surface area contributed by atoms with Gasteiger partial charge in [0.2, 0.25) is 0 Å². The molecule has 0 fully saturated rings. The maximum Gasteiger partial charge on any atom is 0.102 e. The minimum atomic E-state index is -0.0404. The Labute approximate surface area is 112 Å². The summed E-state index contributed by atoms with van der Waals surface area (Å²) in [5, 5.41) is 12.2. The molecule has 0 spiro atoms. The first-order valence-electron chi connectivity index (χ1n) is 5.86. The zero-order valence-corrected chi connectivity index (χ0v) is 11.6. The van der Waals surface area contributed by atoms with Gasteiger partial charge in [-0.3, -0.25) is 0 Å². The molecule has 0 aliphatic rings. The fourth-order valence-electron chi connectivity index (χ4n) is 1.50. The van der Waals surface area contributed by atoms with Gasteiger partial charge in [0.05, 0.1) is 18.3 Å². The smallest absolute Gasteiger partial charge is 0.102 e. The number of hydrogen-bond donors (Lipinski definition) is 1. The second kappa shape index (κ2) is 4.98. The van der Waals surface area contributed by atoms with Crippen LogP contribution >= 0.6 is 11.6 Å². The number of nitrogens with one attached hydrogen (secondary N) is 1. The van der Waals surface area contributed by atoms with Gasteiger partial charge in [0.15, 0.2) is 0 Å². The molecule has 0 saturated heterocycles. The summed E-state index contributed by atoms with van der Waals surface area (Å²) in [4.78, 5) is 0. The summed E-state index contributed by atoms with van der Waals surface area (Å²) in [5.74, 6) is 0. The predicted octanol–water partition coefficient (Wildman–Crippen LogP) is 3.30. The number of aromatic nitrogens is 3. The van der Waals surface area contributed by atoms with Crippen molar-refractivity contribution in [1.29, 1.82) is 0 Å². The monoisotopic (exact) mass is 264 g/mol. The van der Waals surface area contributed by atoms with Crippen LogP contribution in [0, 0.1) is 0 Å². The number of nitrogens with zero attached hydrogens (tertiary/aromatic N) is 3. The first kappa shape index (κ1) is 12.9. The highest BCUT2D eigenvalue weighted by molar-refractivity contribution is 6.30. The van der Waals surface area contributed by atoms with Gasteiger partial charge in [-0.1, -0.05) is 22.9 Å². The topological polar surface area (TPSA) is 42.7 Å². The SMILES string of the molecule is CC(C)(C)n1cc(CNc2cccc(Cl)c2)nn1. The van der Waals surface area contributed by atoms with Crippen LogP contribution in [0.3, 0.4) is 0 Å². The van der Waals surface area contributed by atoms with Crippen LogP contribution in [0.25, 0.3) is 0 Å². The quantitative estimate of drug-likeness (QED) is 0.925. The summed E-state index contributed by atoms with van der Waals surface area (Å²) in [7, 11) is 0. The van der Waals surface area contributed by atoms with E-state index in [2.05, 4.69) is 36.4 Å². The fourth-order valence-corrected chi connectivity index (χ4v) is 1.69. The zero-order chi connectivity index (χ0) is 13.2. The molecule has 0 amide bonds. The molecule has 5 heteroatoms. The van der Waals surface area contributed by atoms with Crippen LogP contribution in [0.15, 0.2) is 30.5 Å². The second-order valence-corrected chi connectivity index (χ2v) is 5.63. The van der Waals surface area contributed by atoms with Crippen molar-refractivity contribution in [3.63, 3.8) is 0 Å². The van der Waals surface area contributed by atoms with Crippen molar-refractivity contribution >= 4 is 17.3 Å². The van der Waals surface area contributed by atoms with Gasteiger partial charge < -0.3 is 5.32 Å². The van der Waals surface area contributed by atoms with E-state index in [1.54, 1.807) is 0 Å². The molecule has 0 aliphatic carbocycles. The minimum absolute atomic E-state index is 0.0404.